The maximum absolute atomic E-state index is 12.2. The zero-order chi connectivity index (χ0) is 24.5. The van der Waals surface area contributed by atoms with E-state index in [2.05, 4.69) is 15.8 Å². The molecule has 8 nitrogen and oxygen atoms in total. The lowest BCUT2D eigenvalue weighted by atomic mass is 10.1. The fourth-order valence-corrected chi connectivity index (χ4v) is 3.06. The van der Waals surface area contributed by atoms with Gasteiger partial charge >= 0.3 is 11.8 Å². The predicted molar refractivity (Wildman–Crippen MR) is 130 cm³/mol. The topological polar surface area (TPSA) is 98.2 Å². The first kappa shape index (κ1) is 24.3. The standard InChI is InChI=1S/C26H27N3O5/c1-17-7-5-6-8-20(17)16-34-21-11-9-19(10-12-21)18(2)28-29-26(31)25(30)27-23-14-13-22(32-3)15-24(23)33-4/h5-15H,16H2,1-4H3,(H,27,30)(H,29,31). The summed E-state index contributed by atoms with van der Waals surface area (Å²) in [6, 6.07) is 20.2. The largest absolute Gasteiger partial charge is 0.497 e. The van der Waals surface area contributed by atoms with Gasteiger partial charge in [0, 0.05) is 6.07 Å². The summed E-state index contributed by atoms with van der Waals surface area (Å²) in [6.07, 6.45) is 0. The van der Waals surface area contributed by atoms with Gasteiger partial charge in [-0.15, -0.1) is 0 Å². The third kappa shape index (κ3) is 6.35. The Bertz CT molecular complexity index is 1190. The maximum atomic E-state index is 12.2. The van der Waals surface area contributed by atoms with Gasteiger partial charge in [0.05, 0.1) is 25.6 Å². The van der Waals surface area contributed by atoms with Crippen molar-refractivity contribution in [2.75, 3.05) is 19.5 Å². The Morgan fingerprint density at radius 1 is 0.882 bits per heavy atom. The molecule has 0 unspecified atom stereocenters. The summed E-state index contributed by atoms with van der Waals surface area (Å²) in [6.45, 7) is 4.25. The Kier molecular flexibility index (Phi) is 8.23. The van der Waals surface area contributed by atoms with Crippen LogP contribution < -0.4 is 25.0 Å². The highest BCUT2D eigenvalue weighted by Gasteiger charge is 2.16. The van der Waals surface area contributed by atoms with Crippen molar-refractivity contribution in [3.63, 3.8) is 0 Å². The minimum absolute atomic E-state index is 0.338. The van der Waals surface area contributed by atoms with E-state index in [-0.39, 0.29) is 0 Å². The number of benzene rings is 3. The van der Waals surface area contributed by atoms with E-state index < -0.39 is 11.8 Å². The van der Waals surface area contributed by atoms with Crippen molar-refractivity contribution < 1.29 is 23.8 Å². The summed E-state index contributed by atoms with van der Waals surface area (Å²) in [7, 11) is 2.98. The van der Waals surface area contributed by atoms with E-state index in [1.54, 1.807) is 25.1 Å². The van der Waals surface area contributed by atoms with Gasteiger partial charge in [0.1, 0.15) is 23.9 Å². The first-order chi connectivity index (χ1) is 16.4. The minimum atomic E-state index is -0.907. The summed E-state index contributed by atoms with van der Waals surface area (Å²) in [5.41, 5.74) is 6.22. The van der Waals surface area contributed by atoms with Gasteiger partial charge in [-0.25, -0.2) is 5.43 Å². The molecule has 0 aliphatic rings. The van der Waals surface area contributed by atoms with Gasteiger partial charge in [-0.2, -0.15) is 5.10 Å². The van der Waals surface area contributed by atoms with Gasteiger partial charge in [-0.3, -0.25) is 9.59 Å². The van der Waals surface area contributed by atoms with Crippen LogP contribution >= 0.6 is 0 Å². The van der Waals surface area contributed by atoms with Gasteiger partial charge in [-0.1, -0.05) is 24.3 Å². The number of nitrogens with one attached hydrogen (secondary N) is 2. The van der Waals surface area contributed by atoms with E-state index in [0.29, 0.717) is 29.5 Å². The molecule has 2 amide bonds. The fraction of sp³-hybridized carbons (Fsp3) is 0.192. The van der Waals surface area contributed by atoms with Crippen LogP contribution in [0.3, 0.4) is 0 Å². The SMILES string of the molecule is COc1ccc(NC(=O)C(=O)NN=C(C)c2ccc(OCc3ccccc3C)cc2)c(OC)c1. The highest BCUT2D eigenvalue weighted by Crippen LogP contribution is 2.28. The van der Waals surface area contributed by atoms with Crippen molar-refractivity contribution in [1.82, 2.24) is 5.43 Å². The molecule has 8 heteroatoms. The van der Waals surface area contributed by atoms with Crippen LogP contribution in [0.15, 0.2) is 71.8 Å². The molecule has 0 saturated heterocycles. The molecule has 176 valence electrons. The quantitative estimate of drug-likeness (QED) is 0.299. The van der Waals surface area contributed by atoms with Crippen LogP contribution in [0.5, 0.6) is 17.2 Å². The summed E-state index contributed by atoms with van der Waals surface area (Å²) in [5, 5.41) is 6.52. The number of anilines is 1. The number of hydrogen-bond acceptors (Lipinski definition) is 6. The highest BCUT2D eigenvalue weighted by atomic mass is 16.5. The Hall–Kier alpha value is -4.33. The molecular weight excluding hydrogens is 434 g/mol. The molecule has 3 aromatic carbocycles. The number of carbonyl (C=O) groups excluding carboxylic acids is 2. The van der Waals surface area contributed by atoms with Crippen molar-refractivity contribution in [3.05, 3.63) is 83.4 Å². The average molecular weight is 462 g/mol. The molecule has 34 heavy (non-hydrogen) atoms. The van der Waals surface area contributed by atoms with E-state index >= 15 is 0 Å². The second kappa shape index (κ2) is 11.5. The van der Waals surface area contributed by atoms with Crippen molar-refractivity contribution in [2.45, 2.75) is 20.5 Å². The van der Waals surface area contributed by atoms with Gasteiger partial charge in [0.15, 0.2) is 0 Å². The summed E-state index contributed by atoms with van der Waals surface area (Å²) in [4.78, 5) is 24.4. The Labute approximate surface area is 198 Å². The fourth-order valence-electron chi connectivity index (χ4n) is 3.06. The average Bonchev–Trinajstić information content (AvgIpc) is 2.87. The Morgan fingerprint density at radius 2 is 1.59 bits per heavy atom. The molecule has 0 saturated carbocycles. The smallest absolute Gasteiger partial charge is 0.329 e. The lowest BCUT2D eigenvalue weighted by molar-refractivity contribution is -0.136. The number of nitrogens with zero attached hydrogens (tertiary/aromatic N) is 1. The molecule has 2 N–H and O–H groups in total. The molecule has 0 aliphatic heterocycles. The van der Waals surface area contributed by atoms with E-state index in [1.165, 1.54) is 19.8 Å². The number of hydrazone groups is 1. The molecular formula is C26H27N3O5. The molecule has 0 fully saturated rings. The zero-order valence-electron chi connectivity index (χ0n) is 19.5. The van der Waals surface area contributed by atoms with Crippen molar-refractivity contribution in [1.29, 1.82) is 0 Å². The van der Waals surface area contributed by atoms with Gasteiger partial charge < -0.3 is 19.5 Å². The summed E-state index contributed by atoms with van der Waals surface area (Å²) in [5.74, 6) is -0.136. The highest BCUT2D eigenvalue weighted by molar-refractivity contribution is 6.39. The first-order valence-electron chi connectivity index (χ1n) is 10.6. The Morgan fingerprint density at radius 3 is 2.26 bits per heavy atom. The van der Waals surface area contributed by atoms with E-state index in [9.17, 15) is 9.59 Å². The lowest BCUT2D eigenvalue weighted by Gasteiger charge is -2.11. The third-order valence-electron chi connectivity index (χ3n) is 5.12. The van der Waals surface area contributed by atoms with Gasteiger partial charge in [0.25, 0.3) is 0 Å². The number of methoxy groups -OCH3 is 2. The molecule has 0 radical (unpaired) electrons. The number of ether oxygens (including phenoxy) is 3. The predicted octanol–water partition coefficient (Wildman–Crippen LogP) is 4.07. The molecule has 0 aliphatic carbocycles. The maximum Gasteiger partial charge on any atom is 0.329 e. The monoisotopic (exact) mass is 461 g/mol. The third-order valence-corrected chi connectivity index (χ3v) is 5.12. The van der Waals surface area contributed by atoms with Crippen LogP contribution in [0.25, 0.3) is 0 Å². The van der Waals surface area contributed by atoms with Crippen LogP contribution in [0.2, 0.25) is 0 Å². The number of aryl methyl sites for hydroxylation is 1. The van der Waals surface area contributed by atoms with Crippen molar-refractivity contribution in [2.24, 2.45) is 5.10 Å². The molecule has 0 bridgehead atoms. The second-order valence-electron chi connectivity index (χ2n) is 7.40. The Balaban J connectivity index is 1.56. The minimum Gasteiger partial charge on any atom is -0.497 e. The van der Waals surface area contributed by atoms with E-state index in [1.807, 2.05) is 55.5 Å². The molecule has 3 aromatic rings. The summed E-state index contributed by atoms with van der Waals surface area (Å²) >= 11 is 0. The van der Waals surface area contributed by atoms with Gasteiger partial charge in [-0.05, 0) is 66.9 Å². The number of hydrogen-bond donors (Lipinski definition) is 2. The second-order valence-corrected chi connectivity index (χ2v) is 7.40. The first-order valence-corrected chi connectivity index (χ1v) is 10.6. The molecule has 3 rings (SSSR count). The van der Waals surface area contributed by atoms with Crippen LogP contribution in [-0.4, -0.2) is 31.7 Å². The van der Waals surface area contributed by atoms with Crippen LogP contribution in [0, 0.1) is 6.92 Å². The molecule has 0 spiro atoms. The van der Waals surface area contributed by atoms with Gasteiger partial charge in [0.2, 0.25) is 0 Å². The lowest BCUT2D eigenvalue weighted by Crippen LogP contribution is -2.33. The molecule has 0 atom stereocenters. The van der Waals surface area contributed by atoms with E-state index in [0.717, 1.165) is 16.9 Å². The van der Waals surface area contributed by atoms with Crippen LogP contribution in [-0.2, 0) is 16.2 Å². The van der Waals surface area contributed by atoms with Crippen LogP contribution in [0.1, 0.15) is 23.6 Å². The summed E-state index contributed by atoms with van der Waals surface area (Å²) < 4.78 is 16.2. The van der Waals surface area contributed by atoms with E-state index in [4.69, 9.17) is 14.2 Å². The van der Waals surface area contributed by atoms with Crippen LogP contribution in [0.4, 0.5) is 5.69 Å². The number of carbonyl (C=O) groups is 2. The molecule has 0 heterocycles. The zero-order valence-corrected chi connectivity index (χ0v) is 19.5. The molecule has 0 aromatic heterocycles. The number of amides is 2. The number of rotatable bonds is 8. The van der Waals surface area contributed by atoms with Crippen molar-refractivity contribution >= 4 is 23.2 Å². The van der Waals surface area contributed by atoms with Crippen molar-refractivity contribution in [3.8, 4) is 17.2 Å². The normalized spacial score (nSPS) is 10.9.